The second-order valence-electron chi connectivity index (χ2n) is 5.38. The predicted molar refractivity (Wildman–Crippen MR) is 84.7 cm³/mol. The van der Waals surface area contributed by atoms with Crippen LogP contribution in [-0.4, -0.2) is 27.2 Å². The first kappa shape index (κ1) is 18.0. The molecular weight excluding hydrogens is 329 g/mol. The molecule has 0 unspecified atom stereocenters. The molecule has 0 heterocycles. The van der Waals surface area contributed by atoms with E-state index in [1.54, 1.807) is 0 Å². The summed E-state index contributed by atoms with van der Waals surface area (Å²) in [5, 5.41) is 8.37. The molecule has 0 N–H and O–H groups in total. The molecule has 0 amide bonds. The average Bonchev–Trinajstić information content (AvgIpc) is 2.36. The quantitative estimate of drug-likeness (QED) is 0.446. The SMILES string of the molecule is CC[CH2][Ge]([CH2]C)([CH2]CC)[O][Ge]([CH2]C)([CH2]C)[CH2]C. The first-order valence-electron chi connectivity index (χ1n) is 7.77. The van der Waals surface area contributed by atoms with Crippen LogP contribution < -0.4 is 0 Å². The van der Waals surface area contributed by atoms with E-state index in [4.69, 9.17) is 2.79 Å². The van der Waals surface area contributed by atoms with Gasteiger partial charge in [-0.3, -0.25) is 0 Å². The molecule has 0 aromatic carbocycles. The van der Waals surface area contributed by atoms with Crippen molar-refractivity contribution >= 4 is 27.2 Å². The Bertz CT molecular complexity index is 176. The van der Waals surface area contributed by atoms with Gasteiger partial charge in [-0.15, -0.1) is 0 Å². The third-order valence-corrected chi connectivity index (χ3v) is 32.4. The molecule has 0 atom stereocenters. The molecule has 0 rings (SSSR count). The van der Waals surface area contributed by atoms with Crippen molar-refractivity contribution in [1.29, 1.82) is 0 Å². The van der Waals surface area contributed by atoms with Gasteiger partial charge in [-0.2, -0.15) is 0 Å². The summed E-state index contributed by atoms with van der Waals surface area (Å²) in [5.41, 5.74) is 0. The third kappa shape index (κ3) is 5.28. The van der Waals surface area contributed by atoms with Gasteiger partial charge < -0.3 is 0 Å². The van der Waals surface area contributed by atoms with Crippen LogP contribution in [0.5, 0.6) is 0 Å². The van der Waals surface area contributed by atoms with Crippen LogP contribution >= 0.6 is 0 Å². The van der Waals surface area contributed by atoms with Crippen LogP contribution in [0.1, 0.15) is 54.4 Å². The van der Waals surface area contributed by atoms with Gasteiger partial charge in [-0.25, -0.2) is 0 Å². The molecule has 3 heteroatoms. The fourth-order valence-electron chi connectivity index (χ4n) is 2.99. The molecule has 0 aliphatic carbocycles. The van der Waals surface area contributed by atoms with Crippen LogP contribution in [-0.2, 0) is 2.79 Å². The van der Waals surface area contributed by atoms with Gasteiger partial charge in [0.2, 0.25) is 0 Å². The molecule has 0 radical (unpaired) electrons. The van der Waals surface area contributed by atoms with Crippen molar-refractivity contribution < 1.29 is 2.79 Å². The Balaban J connectivity index is 4.91. The van der Waals surface area contributed by atoms with Gasteiger partial charge in [-0.1, -0.05) is 0 Å². The zero-order valence-electron chi connectivity index (χ0n) is 13.1. The molecule has 0 aromatic rings. The van der Waals surface area contributed by atoms with Crippen LogP contribution in [0.25, 0.3) is 0 Å². The molecule has 0 aromatic heterocycles. The van der Waals surface area contributed by atoms with Crippen LogP contribution in [0, 0.1) is 0 Å². The van der Waals surface area contributed by atoms with Crippen molar-refractivity contribution in [2.45, 2.75) is 85.9 Å². The second kappa shape index (κ2) is 9.03. The van der Waals surface area contributed by atoms with E-state index >= 15 is 0 Å². The van der Waals surface area contributed by atoms with Gasteiger partial charge in [-0.05, 0) is 0 Å². The minimum absolute atomic E-state index is 1.34. The summed E-state index contributed by atoms with van der Waals surface area (Å²) < 4.78 is 7.08. The van der Waals surface area contributed by atoms with E-state index in [0.29, 0.717) is 0 Å². The first-order chi connectivity index (χ1) is 8.07. The minimum atomic E-state index is -1.94. The molecule has 0 aliphatic heterocycles. The van der Waals surface area contributed by atoms with E-state index in [2.05, 4.69) is 41.5 Å². The van der Waals surface area contributed by atoms with E-state index in [1.165, 1.54) is 44.4 Å². The van der Waals surface area contributed by atoms with Crippen LogP contribution in [0.15, 0.2) is 0 Å². The standard InChI is InChI=1S/C14H34Ge2O/c1-7-13-16(12-6,14-8-2)17-15(9-3,10-4)11-5/h7-14H2,1-6H3. The molecule has 0 aliphatic rings. The summed E-state index contributed by atoms with van der Waals surface area (Å²) in [4.78, 5) is 0. The van der Waals surface area contributed by atoms with Crippen molar-refractivity contribution in [3.8, 4) is 0 Å². The van der Waals surface area contributed by atoms with Gasteiger partial charge in [0.15, 0.2) is 0 Å². The topological polar surface area (TPSA) is 9.23 Å². The van der Waals surface area contributed by atoms with Crippen LogP contribution in [0.4, 0.5) is 0 Å². The predicted octanol–water partition coefficient (Wildman–Crippen LogP) is 5.79. The van der Waals surface area contributed by atoms with Gasteiger partial charge in [0.05, 0.1) is 0 Å². The van der Waals surface area contributed by atoms with Gasteiger partial charge >= 0.3 is 116 Å². The number of rotatable bonds is 10. The second-order valence-corrected chi connectivity index (χ2v) is 26.0. The number of hydrogen-bond acceptors (Lipinski definition) is 1. The van der Waals surface area contributed by atoms with E-state index in [9.17, 15) is 0 Å². The Hall–Kier alpha value is 1.05. The summed E-state index contributed by atoms with van der Waals surface area (Å²) in [7, 11) is 0. The van der Waals surface area contributed by atoms with E-state index < -0.39 is 27.2 Å². The van der Waals surface area contributed by atoms with Gasteiger partial charge in [0.1, 0.15) is 0 Å². The van der Waals surface area contributed by atoms with E-state index in [0.717, 1.165) is 0 Å². The normalized spacial score (nSPS) is 13.1. The van der Waals surface area contributed by atoms with Crippen LogP contribution in [0.3, 0.4) is 0 Å². The molecule has 0 saturated heterocycles. The molecule has 0 bridgehead atoms. The van der Waals surface area contributed by atoms with Crippen molar-refractivity contribution in [2.24, 2.45) is 0 Å². The summed E-state index contributed by atoms with van der Waals surface area (Å²) in [6.45, 7) is 14.2. The zero-order chi connectivity index (χ0) is 13.4. The molecular formula is C14H34Ge2O. The molecule has 0 spiro atoms. The molecule has 0 fully saturated rings. The summed E-state index contributed by atoms with van der Waals surface area (Å²) in [5.74, 6) is 0. The monoisotopic (exact) mass is 366 g/mol. The fraction of sp³-hybridized carbons (Fsp3) is 1.00. The average molecular weight is 364 g/mol. The summed E-state index contributed by atoms with van der Waals surface area (Å²) in [6.07, 6.45) is 2.67. The molecule has 0 saturated carbocycles. The van der Waals surface area contributed by atoms with Crippen molar-refractivity contribution in [1.82, 2.24) is 0 Å². The zero-order valence-corrected chi connectivity index (χ0v) is 17.3. The fourth-order valence-corrected chi connectivity index (χ4v) is 34.1. The number of hydrogen-bond donors (Lipinski definition) is 0. The first-order valence-corrected chi connectivity index (χ1v) is 18.4. The van der Waals surface area contributed by atoms with Crippen molar-refractivity contribution in [3.63, 3.8) is 0 Å². The molecule has 1 nitrogen and oxygen atoms in total. The van der Waals surface area contributed by atoms with Crippen molar-refractivity contribution in [2.75, 3.05) is 0 Å². The summed E-state index contributed by atoms with van der Waals surface area (Å²) in [6, 6.07) is 0. The molecule has 104 valence electrons. The maximum absolute atomic E-state index is 7.08. The van der Waals surface area contributed by atoms with Gasteiger partial charge in [0.25, 0.3) is 0 Å². The Kier molecular flexibility index (Phi) is 9.59. The Labute approximate surface area is 115 Å². The van der Waals surface area contributed by atoms with E-state index in [1.807, 2.05) is 0 Å². The van der Waals surface area contributed by atoms with E-state index in [-0.39, 0.29) is 0 Å². The Morgan fingerprint density at radius 3 is 1.18 bits per heavy atom. The summed E-state index contributed by atoms with van der Waals surface area (Å²) >= 11 is -3.85. The van der Waals surface area contributed by atoms with Crippen LogP contribution in [0.2, 0.25) is 31.5 Å². The Morgan fingerprint density at radius 2 is 0.941 bits per heavy atom. The maximum atomic E-state index is 7.08. The Morgan fingerprint density at radius 1 is 0.588 bits per heavy atom. The van der Waals surface area contributed by atoms with Crippen molar-refractivity contribution in [3.05, 3.63) is 0 Å². The third-order valence-electron chi connectivity index (χ3n) is 4.42. The van der Waals surface area contributed by atoms with Gasteiger partial charge in [0, 0.05) is 0 Å². The molecule has 17 heavy (non-hydrogen) atoms.